The van der Waals surface area contributed by atoms with Crippen LogP contribution in [-0.4, -0.2) is 10.3 Å². The van der Waals surface area contributed by atoms with Crippen LogP contribution < -0.4 is 5.32 Å². The van der Waals surface area contributed by atoms with Gasteiger partial charge in [-0.15, -0.1) is 11.3 Å². The molecule has 1 amide bonds. The van der Waals surface area contributed by atoms with Crippen LogP contribution in [0.3, 0.4) is 0 Å². The zero-order chi connectivity index (χ0) is 13.4. The molecule has 3 rings (SSSR count). The van der Waals surface area contributed by atoms with Crippen LogP contribution in [-0.2, 0) is 0 Å². The van der Waals surface area contributed by atoms with Crippen molar-refractivity contribution in [2.75, 3.05) is 5.32 Å². The lowest BCUT2D eigenvalue weighted by Crippen LogP contribution is -2.11. The average Bonchev–Trinajstić information content (AvgIpc) is 2.93. The zero-order valence-electron chi connectivity index (χ0n) is 10.8. The van der Waals surface area contributed by atoms with Crippen LogP contribution in [0, 0.1) is 13.8 Å². The van der Waals surface area contributed by atoms with E-state index in [4.69, 9.17) is 0 Å². The smallest absolute Gasteiger partial charge is 0.267 e. The standard InChI is InChI=1S/C15H14N2OS/c1-10-8-9-17-11(2)13(19-15(10)17)14(18)16-12-6-4-3-5-7-12/h3-9H,1-2H3,(H,16,18). The fraction of sp³-hybridized carbons (Fsp3) is 0.133. The minimum Gasteiger partial charge on any atom is -0.321 e. The molecule has 0 spiro atoms. The molecule has 0 unspecified atom stereocenters. The summed E-state index contributed by atoms with van der Waals surface area (Å²) in [5, 5.41) is 2.93. The number of thiazole rings is 1. The van der Waals surface area contributed by atoms with E-state index >= 15 is 0 Å². The molecule has 1 aromatic carbocycles. The van der Waals surface area contributed by atoms with Crippen LogP contribution in [0.4, 0.5) is 5.69 Å². The Hall–Kier alpha value is -2.07. The topological polar surface area (TPSA) is 33.5 Å². The molecule has 0 aliphatic rings. The molecule has 0 radical (unpaired) electrons. The number of para-hydroxylation sites is 1. The summed E-state index contributed by atoms with van der Waals surface area (Å²) in [6.07, 6.45) is 2.01. The number of anilines is 1. The number of aryl methyl sites for hydroxylation is 2. The summed E-state index contributed by atoms with van der Waals surface area (Å²) in [4.78, 5) is 14.2. The zero-order valence-corrected chi connectivity index (χ0v) is 11.6. The van der Waals surface area contributed by atoms with Gasteiger partial charge < -0.3 is 9.72 Å². The van der Waals surface area contributed by atoms with Gasteiger partial charge in [0, 0.05) is 17.6 Å². The van der Waals surface area contributed by atoms with Crippen molar-refractivity contribution in [1.29, 1.82) is 0 Å². The number of hydrogen-bond donors (Lipinski definition) is 1. The van der Waals surface area contributed by atoms with Gasteiger partial charge in [0.1, 0.15) is 9.71 Å². The molecule has 3 nitrogen and oxygen atoms in total. The van der Waals surface area contributed by atoms with Crippen molar-refractivity contribution in [2.45, 2.75) is 13.8 Å². The Kier molecular flexibility index (Phi) is 2.87. The maximum atomic E-state index is 12.3. The molecule has 0 aliphatic heterocycles. The van der Waals surface area contributed by atoms with Gasteiger partial charge in [0.15, 0.2) is 0 Å². The summed E-state index contributed by atoms with van der Waals surface area (Å²) in [6, 6.07) is 11.6. The SMILES string of the molecule is Cc1ccn2c(C)c(C(=O)Nc3ccccc3)sc12. The van der Waals surface area contributed by atoms with Crippen molar-refractivity contribution in [3.8, 4) is 0 Å². The van der Waals surface area contributed by atoms with Gasteiger partial charge >= 0.3 is 0 Å². The number of carbonyl (C=O) groups excluding carboxylic acids is 1. The summed E-state index contributed by atoms with van der Waals surface area (Å²) >= 11 is 1.54. The second-order valence-corrected chi connectivity index (χ2v) is 5.51. The molecule has 0 aliphatic carbocycles. The van der Waals surface area contributed by atoms with Gasteiger partial charge in [0.2, 0.25) is 0 Å². The Bertz CT molecular complexity index is 740. The molecular formula is C15H14N2OS. The maximum absolute atomic E-state index is 12.3. The number of nitrogens with one attached hydrogen (secondary N) is 1. The van der Waals surface area contributed by atoms with Crippen molar-refractivity contribution in [2.24, 2.45) is 0 Å². The highest BCUT2D eigenvalue weighted by molar-refractivity contribution is 7.19. The summed E-state index contributed by atoms with van der Waals surface area (Å²) in [5.41, 5.74) is 3.01. The van der Waals surface area contributed by atoms with Gasteiger partial charge in [-0.2, -0.15) is 0 Å². The van der Waals surface area contributed by atoms with Crippen LogP contribution in [0.15, 0.2) is 42.6 Å². The molecule has 0 bridgehead atoms. The molecule has 3 aromatic rings. The van der Waals surface area contributed by atoms with E-state index in [0.717, 1.165) is 21.1 Å². The van der Waals surface area contributed by atoms with Gasteiger partial charge in [-0.05, 0) is 37.6 Å². The molecule has 4 heteroatoms. The molecule has 2 heterocycles. The first kappa shape index (κ1) is 12.0. The largest absolute Gasteiger partial charge is 0.321 e. The van der Waals surface area contributed by atoms with E-state index in [9.17, 15) is 4.79 Å². The maximum Gasteiger partial charge on any atom is 0.267 e. The second-order valence-electron chi connectivity index (χ2n) is 4.51. The third-order valence-electron chi connectivity index (χ3n) is 3.16. The Morgan fingerprint density at radius 3 is 2.58 bits per heavy atom. The highest BCUT2D eigenvalue weighted by atomic mass is 32.1. The number of rotatable bonds is 2. The van der Waals surface area contributed by atoms with Crippen LogP contribution in [0.2, 0.25) is 0 Å². The number of fused-ring (bicyclic) bond motifs is 1. The lowest BCUT2D eigenvalue weighted by atomic mass is 10.3. The summed E-state index contributed by atoms with van der Waals surface area (Å²) in [7, 11) is 0. The van der Waals surface area contributed by atoms with Gasteiger partial charge in [0.05, 0.1) is 0 Å². The summed E-state index contributed by atoms with van der Waals surface area (Å²) in [5.74, 6) is -0.0446. The highest BCUT2D eigenvalue weighted by Crippen LogP contribution is 2.27. The van der Waals surface area contributed by atoms with Gasteiger partial charge in [-0.25, -0.2) is 0 Å². The van der Waals surface area contributed by atoms with Crippen molar-refractivity contribution in [3.05, 3.63) is 58.7 Å². The van der Waals surface area contributed by atoms with E-state index in [0.29, 0.717) is 0 Å². The average molecular weight is 270 g/mol. The van der Waals surface area contributed by atoms with Crippen molar-refractivity contribution < 1.29 is 4.79 Å². The summed E-state index contributed by atoms with van der Waals surface area (Å²) < 4.78 is 2.07. The minimum atomic E-state index is -0.0446. The molecule has 19 heavy (non-hydrogen) atoms. The fourth-order valence-corrected chi connectivity index (χ4v) is 3.22. The molecule has 2 aromatic heterocycles. The first-order valence-electron chi connectivity index (χ1n) is 6.10. The van der Waals surface area contributed by atoms with E-state index in [-0.39, 0.29) is 5.91 Å². The normalized spacial score (nSPS) is 10.8. The molecular weight excluding hydrogens is 256 g/mol. The van der Waals surface area contributed by atoms with E-state index in [1.165, 1.54) is 16.9 Å². The Labute approximate surface area is 115 Å². The second kappa shape index (κ2) is 4.55. The molecule has 1 N–H and O–H groups in total. The van der Waals surface area contributed by atoms with Crippen LogP contribution >= 0.6 is 11.3 Å². The number of carbonyl (C=O) groups is 1. The molecule has 0 atom stereocenters. The fourth-order valence-electron chi connectivity index (χ4n) is 2.11. The number of benzene rings is 1. The monoisotopic (exact) mass is 270 g/mol. The third-order valence-corrected chi connectivity index (χ3v) is 4.55. The Morgan fingerprint density at radius 1 is 1.16 bits per heavy atom. The number of aromatic nitrogens is 1. The van der Waals surface area contributed by atoms with Gasteiger partial charge in [-0.3, -0.25) is 4.79 Å². The Morgan fingerprint density at radius 2 is 1.89 bits per heavy atom. The molecule has 0 saturated heterocycles. The van der Waals surface area contributed by atoms with Crippen LogP contribution in [0.5, 0.6) is 0 Å². The number of nitrogens with zero attached hydrogens (tertiary/aromatic N) is 1. The highest BCUT2D eigenvalue weighted by Gasteiger charge is 2.16. The van der Waals surface area contributed by atoms with Crippen LogP contribution in [0.25, 0.3) is 4.83 Å². The molecule has 0 saturated carbocycles. The quantitative estimate of drug-likeness (QED) is 0.753. The van der Waals surface area contributed by atoms with Gasteiger partial charge in [0.25, 0.3) is 5.91 Å². The van der Waals surface area contributed by atoms with E-state index in [1.54, 1.807) is 0 Å². The molecule has 96 valence electrons. The molecule has 0 fully saturated rings. The van der Waals surface area contributed by atoms with E-state index in [2.05, 4.69) is 22.7 Å². The van der Waals surface area contributed by atoms with E-state index < -0.39 is 0 Å². The van der Waals surface area contributed by atoms with Gasteiger partial charge in [-0.1, -0.05) is 18.2 Å². The number of amides is 1. The number of hydrogen-bond acceptors (Lipinski definition) is 2. The lowest BCUT2D eigenvalue weighted by molar-refractivity contribution is 0.102. The third kappa shape index (κ3) is 2.04. The predicted molar refractivity (Wildman–Crippen MR) is 79.1 cm³/mol. The van der Waals surface area contributed by atoms with Crippen molar-refractivity contribution in [3.63, 3.8) is 0 Å². The first-order chi connectivity index (χ1) is 9.16. The van der Waals surface area contributed by atoms with Crippen LogP contribution in [0.1, 0.15) is 20.9 Å². The van der Waals surface area contributed by atoms with Crippen molar-refractivity contribution in [1.82, 2.24) is 4.40 Å². The summed E-state index contributed by atoms with van der Waals surface area (Å²) in [6.45, 7) is 4.03. The first-order valence-corrected chi connectivity index (χ1v) is 6.92. The minimum absolute atomic E-state index is 0.0446. The lowest BCUT2D eigenvalue weighted by Gasteiger charge is -2.03. The Balaban J connectivity index is 1.96. The van der Waals surface area contributed by atoms with E-state index in [1.807, 2.05) is 43.5 Å². The van der Waals surface area contributed by atoms with Crippen molar-refractivity contribution >= 4 is 27.8 Å². The predicted octanol–water partition coefficient (Wildman–Crippen LogP) is 3.87.